The first-order valence-electron chi connectivity index (χ1n) is 8.85. The smallest absolute Gasteiger partial charge is 0.306 e. The highest BCUT2D eigenvalue weighted by molar-refractivity contribution is 6.00. The molecule has 0 radical (unpaired) electrons. The number of hydrogen-bond acceptors (Lipinski definition) is 5. The lowest BCUT2D eigenvalue weighted by Gasteiger charge is -2.19. The van der Waals surface area contributed by atoms with Crippen LogP contribution in [-0.4, -0.2) is 23.3 Å². The van der Waals surface area contributed by atoms with Gasteiger partial charge in [0.1, 0.15) is 0 Å². The maximum Gasteiger partial charge on any atom is 0.306 e. The second-order valence-corrected chi connectivity index (χ2v) is 6.76. The minimum absolute atomic E-state index is 0.0445. The Hall–Kier alpha value is -3.80. The molecule has 2 aromatic carbocycles. The van der Waals surface area contributed by atoms with Gasteiger partial charge < -0.3 is 10.2 Å². The number of hydrogen-bond donors (Lipinski definition) is 1. The maximum atomic E-state index is 13.5. The molecule has 148 valence electrons. The number of nitro benzene ring substituents is 1. The van der Waals surface area contributed by atoms with E-state index in [1.54, 1.807) is 31.2 Å². The van der Waals surface area contributed by atoms with E-state index in [2.05, 4.69) is 5.32 Å². The van der Waals surface area contributed by atoms with Gasteiger partial charge in [0.05, 0.1) is 34.2 Å². The van der Waals surface area contributed by atoms with E-state index in [1.165, 1.54) is 11.0 Å². The molecule has 0 spiro atoms. The molecule has 2 unspecified atom stereocenters. The van der Waals surface area contributed by atoms with Crippen molar-refractivity contribution in [2.24, 2.45) is 5.92 Å². The summed E-state index contributed by atoms with van der Waals surface area (Å²) in [7, 11) is 0. The molecular formula is C20H17FN4O4. The molecule has 9 heteroatoms. The molecule has 2 atom stereocenters. The summed E-state index contributed by atoms with van der Waals surface area (Å²) >= 11 is 0. The number of nitriles is 1. The maximum absolute atomic E-state index is 13.5. The number of halogens is 1. The Labute approximate surface area is 165 Å². The van der Waals surface area contributed by atoms with Gasteiger partial charge in [0.2, 0.25) is 17.6 Å². The van der Waals surface area contributed by atoms with Crippen LogP contribution in [0.5, 0.6) is 0 Å². The molecular weight excluding hydrogens is 379 g/mol. The summed E-state index contributed by atoms with van der Waals surface area (Å²) < 4.78 is 13.5. The third-order valence-electron chi connectivity index (χ3n) is 4.83. The topological polar surface area (TPSA) is 116 Å². The van der Waals surface area contributed by atoms with Crippen molar-refractivity contribution in [3.05, 3.63) is 69.5 Å². The standard InChI is InChI=1S/C20H17FN4O4/c1-12(14-4-2-13(10-22)3-5-14)23-20(27)15-8-19(26)24(11-15)16-6-7-17(21)18(9-16)25(28)29/h2-7,9,12,15H,8,11H2,1H3,(H,23,27). The lowest BCUT2D eigenvalue weighted by atomic mass is 10.0. The summed E-state index contributed by atoms with van der Waals surface area (Å²) in [5.41, 5.74) is 0.779. The van der Waals surface area contributed by atoms with Crippen LogP contribution in [0.25, 0.3) is 0 Å². The average Bonchev–Trinajstić information content (AvgIpc) is 3.10. The van der Waals surface area contributed by atoms with Crippen LogP contribution in [0.15, 0.2) is 42.5 Å². The summed E-state index contributed by atoms with van der Waals surface area (Å²) in [6.45, 7) is 1.84. The highest BCUT2D eigenvalue weighted by Crippen LogP contribution is 2.30. The second-order valence-electron chi connectivity index (χ2n) is 6.76. The number of benzene rings is 2. The molecule has 0 aliphatic carbocycles. The Morgan fingerprint density at radius 2 is 2.03 bits per heavy atom. The molecule has 8 nitrogen and oxygen atoms in total. The van der Waals surface area contributed by atoms with Crippen LogP contribution in [0, 0.1) is 33.2 Å². The van der Waals surface area contributed by atoms with E-state index in [1.807, 2.05) is 6.07 Å². The zero-order valence-corrected chi connectivity index (χ0v) is 15.5. The van der Waals surface area contributed by atoms with Crippen molar-refractivity contribution in [2.45, 2.75) is 19.4 Å². The van der Waals surface area contributed by atoms with E-state index in [9.17, 15) is 24.1 Å². The van der Waals surface area contributed by atoms with Crippen LogP contribution >= 0.6 is 0 Å². The summed E-state index contributed by atoms with van der Waals surface area (Å²) in [6, 6.07) is 11.7. The Balaban J connectivity index is 1.69. The molecule has 0 aromatic heterocycles. The normalized spacial score (nSPS) is 16.9. The van der Waals surface area contributed by atoms with Crippen molar-refractivity contribution < 1.29 is 18.9 Å². The van der Waals surface area contributed by atoms with Gasteiger partial charge in [0, 0.05) is 19.0 Å². The first kappa shape index (κ1) is 19.9. The molecule has 3 rings (SSSR count). The van der Waals surface area contributed by atoms with Crippen LogP contribution in [-0.2, 0) is 9.59 Å². The number of nitro groups is 1. The van der Waals surface area contributed by atoms with E-state index < -0.39 is 22.3 Å². The quantitative estimate of drug-likeness (QED) is 0.616. The lowest BCUT2D eigenvalue weighted by molar-refractivity contribution is -0.387. The minimum atomic E-state index is -0.990. The fraction of sp³-hybridized carbons (Fsp3) is 0.250. The number of nitrogens with zero attached hydrogens (tertiary/aromatic N) is 3. The zero-order chi connectivity index (χ0) is 21.1. The first-order valence-corrected chi connectivity index (χ1v) is 8.85. The average molecular weight is 396 g/mol. The van der Waals surface area contributed by atoms with E-state index in [0.29, 0.717) is 5.56 Å². The van der Waals surface area contributed by atoms with Crippen molar-refractivity contribution in [2.75, 3.05) is 11.4 Å². The van der Waals surface area contributed by atoms with Crippen LogP contribution in [0.2, 0.25) is 0 Å². The largest absolute Gasteiger partial charge is 0.349 e. The van der Waals surface area contributed by atoms with Crippen LogP contribution < -0.4 is 10.2 Å². The number of carbonyl (C=O) groups is 2. The zero-order valence-electron chi connectivity index (χ0n) is 15.5. The number of nitrogens with one attached hydrogen (secondary N) is 1. The molecule has 1 fully saturated rings. The van der Waals surface area contributed by atoms with Gasteiger partial charge in [-0.2, -0.15) is 9.65 Å². The van der Waals surface area contributed by atoms with Crippen LogP contribution in [0.4, 0.5) is 15.8 Å². The van der Waals surface area contributed by atoms with Gasteiger partial charge in [0.15, 0.2) is 0 Å². The summed E-state index contributed by atoms with van der Waals surface area (Å²) in [4.78, 5) is 36.2. The first-order chi connectivity index (χ1) is 13.8. The Bertz CT molecular complexity index is 1020. The third-order valence-corrected chi connectivity index (χ3v) is 4.83. The van der Waals surface area contributed by atoms with Gasteiger partial charge in [-0.1, -0.05) is 12.1 Å². The van der Waals surface area contributed by atoms with E-state index in [0.717, 1.165) is 17.7 Å². The fourth-order valence-electron chi connectivity index (χ4n) is 3.20. The summed E-state index contributed by atoms with van der Waals surface area (Å²) in [6.07, 6.45) is -0.0445. The third kappa shape index (κ3) is 4.21. The highest BCUT2D eigenvalue weighted by Gasteiger charge is 2.36. The Morgan fingerprint density at radius 1 is 1.34 bits per heavy atom. The van der Waals surface area contributed by atoms with E-state index >= 15 is 0 Å². The molecule has 0 saturated carbocycles. The van der Waals surface area contributed by atoms with Crippen molar-refractivity contribution in [1.82, 2.24) is 5.32 Å². The molecule has 1 heterocycles. The minimum Gasteiger partial charge on any atom is -0.349 e. The number of carbonyl (C=O) groups excluding carboxylic acids is 2. The second kappa shape index (κ2) is 8.06. The van der Waals surface area contributed by atoms with Crippen molar-refractivity contribution >= 4 is 23.2 Å². The number of amides is 2. The summed E-state index contributed by atoms with van der Waals surface area (Å²) in [5, 5.41) is 22.6. The summed E-state index contributed by atoms with van der Waals surface area (Å²) in [5.74, 6) is -2.31. The molecule has 1 aliphatic heterocycles. The Morgan fingerprint density at radius 3 is 2.66 bits per heavy atom. The predicted molar refractivity (Wildman–Crippen MR) is 101 cm³/mol. The van der Waals surface area contributed by atoms with Crippen molar-refractivity contribution in [1.29, 1.82) is 5.26 Å². The Kier molecular flexibility index (Phi) is 5.54. The van der Waals surface area contributed by atoms with Gasteiger partial charge >= 0.3 is 5.69 Å². The van der Waals surface area contributed by atoms with Gasteiger partial charge in [-0.15, -0.1) is 0 Å². The van der Waals surface area contributed by atoms with Crippen molar-refractivity contribution in [3.63, 3.8) is 0 Å². The molecule has 0 bridgehead atoms. The SMILES string of the molecule is CC(NC(=O)C1CC(=O)N(c2ccc(F)c([N+](=O)[O-])c2)C1)c1ccc(C#N)cc1. The number of anilines is 1. The fourth-order valence-corrected chi connectivity index (χ4v) is 3.20. The monoisotopic (exact) mass is 396 g/mol. The van der Waals surface area contributed by atoms with E-state index in [-0.39, 0.29) is 36.5 Å². The van der Waals surface area contributed by atoms with Gasteiger partial charge in [-0.05, 0) is 36.8 Å². The van der Waals surface area contributed by atoms with Crippen LogP contribution in [0.1, 0.15) is 30.5 Å². The molecule has 1 N–H and O–H groups in total. The predicted octanol–water partition coefficient (Wildman–Crippen LogP) is 2.84. The van der Waals surface area contributed by atoms with E-state index in [4.69, 9.17) is 5.26 Å². The van der Waals surface area contributed by atoms with Crippen molar-refractivity contribution in [3.8, 4) is 6.07 Å². The lowest BCUT2D eigenvalue weighted by Crippen LogP contribution is -2.34. The van der Waals surface area contributed by atoms with Gasteiger partial charge in [0.25, 0.3) is 0 Å². The molecule has 2 amide bonds. The van der Waals surface area contributed by atoms with Gasteiger partial charge in [-0.25, -0.2) is 0 Å². The molecule has 2 aromatic rings. The highest BCUT2D eigenvalue weighted by atomic mass is 19.1. The molecule has 1 aliphatic rings. The van der Waals surface area contributed by atoms with Gasteiger partial charge in [-0.3, -0.25) is 19.7 Å². The number of rotatable bonds is 5. The molecule has 1 saturated heterocycles. The molecule has 29 heavy (non-hydrogen) atoms. The van der Waals surface area contributed by atoms with Crippen LogP contribution in [0.3, 0.4) is 0 Å².